The fourth-order valence-electron chi connectivity index (χ4n) is 2.31. The molecule has 0 bridgehead atoms. The van der Waals surface area contributed by atoms with Crippen LogP contribution in [0.2, 0.25) is 0 Å². The van der Waals surface area contributed by atoms with Crippen molar-refractivity contribution in [2.45, 2.75) is 19.8 Å². The normalized spacial score (nSPS) is 10.4. The van der Waals surface area contributed by atoms with Gasteiger partial charge in [-0.2, -0.15) is 0 Å². The minimum atomic E-state index is 0.863. The molecule has 2 aromatic carbocycles. The lowest BCUT2D eigenvalue weighted by Gasteiger charge is -2.21. The van der Waals surface area contributed by atoms with Crippen LogP contribution in [0.25, 0.3) is 0 Å². The van der Waals surface area contributed by atoms with Crippen LogP contribution in [0, 0.1) is 6.92 Å². The van der Waals surface area contributed by atoms with E-state index in [2.05, 4.69) is 61.3 Å². The molecular weight excluding hydrogens is 232 g/mol. The Balaban J connectivity index is 1.89. The first-order valence-electron chi connectivity index (χ1n) is 6.78. The summed E-state index contributed by atoms with van der Waals surface area (Å²) in [5, 5.41) is 0. The molecule has 2 aromatic rings. The molecule has 0 atom stereocenters. The van der Waals surface area contributed by atoms with E-state index in [9.17, 15) is 0 Å². The first-order chi connectivity index (χ1) is 9.16. The van der Waals surface area contributed by atoms with Gasteiger partial charge in [0.25, 0.3) is 0 Å². The van der Waals surface area contributed by atoms with Crippen LogP contribution >= 0.6 is 0 Å². The maximum absolute atomic E-state index is 6.06. The van der Waals surface area contributed by atoms with Gasteiger partial charge in [-0.1, -0.05) is 36.4 Å². The molecule has 2 rings (SSSR count). The molecule has 0 amide bonds. The van der Waals surface area contributed by atoms with Gasteiger partial charge in [0, 0.05) is 13.6 Å². The van der Waals surface area contributed by atoms with Gasteiger partial charge >= 0.3 is 0 Å². The molecule has 19 heavy (non-hydrogen) atoms. The number of hydrogen-bond acceptors (Lipinski definition) is 2. The van der Waals surface area contributed by atoms with Gasteiger partial charge in [-0.25, -0.2) is 0 Å². The average molecular weight is 254 g/mol. The van der Waals surface area contributed by atoms with Crippen LogP contribution in [-0.2, 0) is 6.42 Å². The van der Waals surface area contributed by atoms with E-state index in [1.54, 1.807) is 0 Å². The van der Waals surface area contributed by atoms with Crippen molar-refractivity contribution < 1.29 is 0 Å². The van der Waals surface area contributed by atoms with Crippen molar-refractivity contribution in [3.05, 3.63) is 59.7 Å². The Morgan fingerprint density at radius 2 is 1.79 bits per heavy atom. The Hall–Kier alpha value is -1.96. The lowest BCUT2D eigenvalue weighted by molar-refractivity contribution is 0.786. The molecule has 0 spiro atoms. The van der Waals surface area contributed by atoms with Crippen molar-refractivity contribution in [1.82, 2.24) is 0 Å². The molecule has 2 N–H and O–H groups in total. The highest BCUT2D eigenvalue weighted by Gasteiger charge is 2.05. The summed E-state index contributed by atoms with van der Waals surface area (Å²) in [4.78, 5) is 2.23. The second-order valence-electron chi connectivity index (χ2n) is 5.07. The maximum Gasteiger partial charge on any atom is 0.0597 e. The van der Waals surface area contributed by atoms with Crippen molar-refractivity contribution >= 4 is 11.4 Å². The number of nitrogens with zero attached hydrogens (tertiary/aromatic N) is 1. The van der Waals surface area contributed by atoms with Crippen molar-refractivity contribution in [3.63, 3.8) is 0 Å². The summed E-state index contributed by atoms with van der Waals surface area (Å²) in [6.07, 6.45) is 2.24. The molecule has 0 unspecified atom stereocenters. The second kappa shape index (κ2) is 6.28. The van der Waals surface area contributed by atoms with Gasteiger partial charge in [-0.05, 0) is 43.0 Å². The summed E-state index contributed by atoms with van der Waals surface area (Å²) in [6.45, 7) is 3.08. The number of aryl methyl sites for hydroxylation is 2. The van der Waals surface area contributed by atoms with Crippen LogP contribution < -0.4 is 10.6 Å². The molecule has 0 fully saturated rings. The molecule has 100 valence electrons. The molecule has 0 aliphatic carbocycles. The summed E-state index contributed by atoms with van der Waals surface area (Å²) in [7, 11) is 2.10. The highest BCUT2D eigenvalue weighted by atomic mass is 15.1. The number of nitrogen functional groups attached to an aromatic ring is 1. The highest BCUT2D eigenvalue weighted by molar-refractivity contribution is 5.68. The predicted octanol–water partition coefficient (Wildman–Crippen LogP) is 3.65. The first-order valence-corrected chi connectivity index (χ1v) is 6.78. The standard InChI is InChI=1S/C17H22N2/c1-14-10-11-17(16(18)13-14)19(2)12-6-9-15-7-4-3-5-8-15/h3-5,7-8,10-11,13H,6,9,12,18H2,1-2H3. The minimum Gasteiger partial charge on any atom is -0.397 e. The van der Waals surface area contributed by atoms with Gasteiger partial charge in [-0.3, -0.25) is 0 Å². The SMILES string of the molecule is Cc1ccc(N(C)CCCc2ccccc2)c(N)c1. The first kappa shape index (κ1) is 13.5. The van der Waals surface area contributed by atoms with Gasteiger partial charge in [0.2, 0.25) is 0 Å². The Kier molecular flexibility index (Phi) is 4.45. The van der Waals surface area contributed by atoms with E-state index >= 15 is 0 Å². The third-order valence-electron chi connectivity index (χ3n) is 3.40. The fraction of sp³-hybridized carbons (Fsp3) is 0.294. The third kappa shape index (κ3) is 3.75. The smallest absolute Gasteiger partial charge is 0.0597 e. The molecule has 2 heteroatoms. The monoisotopic (exact) mass is 254 g/mol. The van der Waals surface area contributed by atoms with Crippen LogP contribution in [0.1, 0.15) is 17.5 Å². The molecule has 2 nitrogen and oxygen atoms in total. The van der Waals surface area contributed by atoms with E-state index in [1.165, 1.54) is 11.1 Å². The quantitative estimate of drug-likeness (QED) is 0.825. The van der Waals surface area contributed by atoms with Crippen molar-refractivity contribution in [2.24, 2.45) is 0 Å². The number of hydrogen-bond donors (Lipinski definition) is 1. The Labute approximate surface area is 115 Å². The Morgan fingerprint density at radius 3 is 2.47 bits per heavy atom. The molecule has 0 saturated heterocycles. The molecule has 0 aromatic heterocycles. The summed E-state index contributed by atoms with van der Waals surface area (Å²) >= 11 is 0. The van der Waals surface area contributed by atoms with Crippen LogP contribution in [-0.4, -0.2) is 13.6 Å². The molecular formula is C17H22N2. The van der Waals surface area contributed by atoms with Gasteiger partial charge in [0.1, 0.15) is 0 Å². The van der Waals surface area contributed by atoms with Crippen molar-refractivity contribution in [1.29, 1.82) is 0 Å². The summed E-state index contributed by atoms with van der Waals surface area (Å²) in [6, 6.07) is 16.9. The van der Waals surface area contributed by atoms with E-state index in [0.717, 1.165) is 30.8 Å². The Bertz CT molecular complexity index is 520. The van der Waals surface area contributed by atoms with Crippen LogP contribution in [0.5, 0.6) is 0 Å². The molecule has 0 heterocycles. The van der Waals surface area contributed by atoms with Crippen molar-refractivity contribution in [2.75, 3.05) is 24.2 Å². The van der Waals surface area contributed by atoms with Crippen LogP contribution in [0.15, 0.2) is 48.5 Å². The van der Waals surface area contributed by atoms with E-state index < -0.39 is 0 Å². The zero-order chi connectivity index (χ0) is 13.7. The second-order valence-corrected chi connectivity index (χ2v) is 5.07. The molecule has 0 aliphatic rings. The topological polar surface area (TPSA) is 29.3 Å². The van der Waals surface area contributed by atoms with Gasteiger partial charge in [-0.15, -0.1) is 0 Å². The van der Waals surface area contributed by atoms with E-state index in [1.807, 2.05) is 6.07 Å². The summed E-state index contributed by atoms with van der Waals surface area (Å²) in [5.41, 5.74) is 10.7. The fourth-order valence-corrected chi connectivity index (χ4v) is 2.31. The lowest BCUT2D eigenvalue weighted by atomic mass is 10.1. The van der Waals surface area contributed by atoms with Gasteiger partial charge in [0.15, 0.2) is 0 Å². The zero-order valence-electron chi connectivity index (χ0n) is 11.8. The van der Waals surface area contributed by atoms with E-state index in [0.29, 0.717) is 0 Å². The number of nitrogens with two attached hydrogens (primary N) is 1. The average Bonchev–Trinajstić information content (AvgIpc) is 2.39. The maximum atomic E-state index is 6.06. The summed E-state index contributed by atoms with van der Waals surface area (Å²) < 4.78 is 0. The van der Waals surface area contributed by atoms with Crippen LogP contribution in [0.3, 0.4) is 0 Å². The van der Waals surface area contributed by atoms with Gasteiger partial charge < -0.3 is 10.6 Å². The molecule has 0 radical (unpaired) electrons. The number of benzene rings is 2. The highest BCUT2D eigenvalue weighted by Crippen LogP contribution is 2.23. The third-order valence-corrected chi connectivity index (χ3v) is 3.40. The number of anilines is 2. The van der Waals surface area contributed by atoms with Gasteiger partial charge in [0.05, 0.1) is 11.4 Å². The number of rotatable bonds is 5. The lowest BCUT2D eigenvalue weighted by Crippen LogP contribution is -2.20. The summed E-state index contributed by atoms with van der Waals surface area (Å²) in [5.74, 6) is 0. The predicted molar refractivity (Wildman–Crippen MR) is 83.6 cm³/mol. The Morgan fingerprint density at radius 1 is 1.05 bits per heavy atom. The molecule has 0 saturated carbocycles. The van der Waals surface area contributed by atoms with Crippen molar-refractivity contribution in [3.8, 4) is 0 Å². The van der Waals surface area contributed by atoms with Crippen LogP contribution in [0.4, 0.5) is 11.4 Å². The largest absolute Gasteiger partial charge is 0.397 e. The van der Waals surface area contributed by atoms with E-state index in [4.69, 9.17) is 5.73 Å². The minimum absolute atomic E-state index is 0.863. The molecule has 0 aliphatic heterocycles. The zero-order valence-corrected chi connectivity index (χ0v) is 11.8. The van der Waals surface area contributed by atoms with E-state index in [-0.39, 0.29) is 0 Å².